The van der Waals surface area contributed by atoms with Crippen molar-refractivity contribution < 1.29 is 9.59 Å². The Morgan fingerprint density at radius 3 is 2.44 bits per heavy atom. The number of benzene rings is 2. The Labute approximate surface area is 161 Å². The SMILES string of the molecule is CN1CCN(C(=O)c2cccc(NC(=O)c3ccccc3I)c2)CC1. The van der Waals surface area contributed by atoms with Crippen LogP contribution in [0, 0.1) is 3.57 Å². The first-order chi connectivity index (χ1) is 12.0. The summed E-state index contributed by atoms with van der Waals surface area (Å²) in [6.45, 7) is 3.23. The highest BCUT2D eigenvalue weighted by Gasteiger charge is 2.20. The zero-order valence-electron chi connectivity index (χ0n) is 14.0. The zero-order chi connectivity index (χ0) is 17.8. The first-order valence-corrected chi connectivity index (χ1v) is 9.26. The Morgan fingerprint density at radius 1 is 1.00 bits per heavy atom. The van der Waals surface area contributed by atoms with Gasteiger partial charge in [-0.2, -0.15) is 0 Å². The molecule has 1 heterocycles. The Balaban J connectivity index is 1.72. The van der Waals surface area contributed by atoms with Gasteiger partial charge in [0, 0.05) is 41.0 Å². The highest BCUT2D eigenvalue weighted by atomic mass is 127. The summed E-state index contributed by atoms with van der Waals surface area (Å²) in [5.41, 5.74) is 1.86. The number of likely N-dealkylation sites (N-methyl/N-ethyl adjacent to an activating group) is 1. The average Bonchev–Trinajstić information content (AvgIpc) is 2.62. The fourth-order valence-corrected chi connectivity index (χ4v) is 3.40. The van der Waals surface area contributed by atoms with Crippen molar-refractivity contribution in [1.82, 2.24) is 9.80 Å². The van der Waals surface area contributed by atoms with Crippen LogP contribution < -0.4 is 5.32 Å². The van der Waals surface area contributed by atoms with Gasteiger partial charge in [0.1, 0.15) is 0 Å². The van der Waals surface area contributed by atoms with Crippen LogP contribution in [0.5, 0.6) is 0 Å². The van der Waals surface area contributed by atoms with E-state index in [1.54, 1.807) is 30.3 Å². The number of piperazine rings is 1. The fraction of sp³-hybridized carbons (Fsp3) is 0.263. The van der Waals surface area contributed by atoms with Gasteiger partial charge in [0.25, 0.3) is 11.8 Å². The van der Waals surface area contributed by atoms with E-state index in [1.165, 1.54) is 0 Å². The van der Waals surface area contributed by atoms with E-state index in [1.807, 2.05) is 23.1 Å². The molecule has 5 nitrogen and oxygen atoms in total. The Morgan fingerprint density at radius 2 is 1.72 bits per heavy atom. The molecular weight excluding hydrogens is 429 g/mol. The van der Waals surface area contributed by atoms with E-state index in [-0.39, 0.29) is 11.8 Å². The van der Waals surface area contributed by atoms with Crippen molar-refractivity contribution >= 4 is 40.1 Å². The van der Waals surface area contributed by atoms with Gasteiger partial charge in [-0.25, -0.2) is 0 Å². The molecule has 1 saturated heterocycles. The maximum absolute atomic E-state index is 12.7. The molecule has 2 aromatic rings. The van der Waals surface area contributed by atoms with Crippen molar-refractivity contribution in [2.45, 2.75) is 0 Å². The summed E-state index contributed by atoms with van der Waals surface area (Å²) in [5.74, 6) is -0.160. The quantitative estimate of drug-likeness (QED) is 0.734. The molecule has 3 rings (SSSR count). The molecule has 2 aromatic carbocycles. The summed E-state index contributed by atoms with van der Waals surface area (Å²) in [5, 5.41) is 2.88. The second-order valence-electron chi connectivity index (χ2n) is 6.11. The van der Waals surface area contributed by atoms with E-state index in [9.17, 15) is 9.59 Å². The predicted molar refractivity (Wildman–Crippen MR) is 107 cm³/mol. The van der Waals surface area contributed by atoms with Gasteiger partial charge in [0.15, 0.2) is 0 Å². The maximum Gasteiger partial charge on any atom is 0.256 e. The van der Waals surface area contributed by atoms with Crippen LogP contribution >= 0.6 is 22.6 Å². The van der Waals surface area contributed by atoms with Crippen LogP contribution in [0.1, 0.15) is 20.7 Å². The number of hydrogen-bond donors (Lipinski definition) is 1. The molecule has 0 atom stereocenters. The van der Waals surface area contributed by atoms with Crippen molar-refractivity contribution in [2.75, 3.05) is 38.5 Å². The standard InChI is InChI=1S/C19H20IN3O2/c1-22-9-11-23(12-10-22)19(25)14-5-4-6-15(13-14)21-18(24)16-7-2-3-8-17(16)20/h2-8,13H,9-12H2,1H3,(H,21,24). The lowest BCUT2D eigenvalue weighted by molar-refractivity contribution is 0.0664. The Hall–Kier alpha value is -1.93. The highest BCUT2D eigenvalue weighted by molar-refractivity contribution is 14.1. The van der Waals surface area contributed by atoms with Crippen molar-refractivity contribution in [3.05, 3.63) is 63.2 Å². The van der Waals surface area contributed by atoms with E-state index >= 15 is 0 Å². The number of carbonyl (C=O) groups is 2. The molecule has 130 valence electrons. The van der Waals surface area contributed by atoms with E-state index in [0.717, 1.165) is 29.7 Å². The van der Waals surface area contributed by atoms with Crippen LogP contribution in [0.2, 0.25) is 0 Å². The van der Waals surface area contributed by atoms with E-state index < -0.39 is 0 Å². The summed E-state index contributed by atoms with van der Waals surface area (Å²) >= 11 is 2.14. The molecule has 0 unspecified atom stereocenters. The number of halogens is 1. The maximum atomic E-state index is 12.7. The van der Waals surface area contributed by atoms with E-state index in [4.69, 9.17) is 0 Å². The van der Waals surface area contributed by atoms with Gasteiger partial charge in [0.2, 0.25) is 0 Å². The first-order valence-electron chi connectivity index (χ1n) is 8.18. The fourth-order valence-electron chi connectivity index (χ4n) is 2.77. The molecule has 0 saturated carbocycles. The predicted octanol–water partition coefficient (Wildman–Crippen LogP) is 2.93. The second kappa shape index (κ2) is 7.97. The monoisotopic (exact) mass is 449 g/mol. The number of hydrogen-bond acceptors (Lipinski definition) is 3. The van der Waals surface area contributed by atoms with Crippen LogP contribution in [0.4, 0.5) is 5.69 Å². The molecule has 0 aliphatic carbocycles. The Kier molecular flexibility index (Phi) is 5.70. The lowest BCUT2D eigenvalue weighted by Gasteiger charge is -2.32. The number of nitrogens with zero attached hydrogens (tertiary/aromatic N) is 2. The van der Waals surface area contributed by atoms with Gasteiger partial charge in [-0.05, 0) is 60.0 Å². The largest absolute Gasteiger partial charge is 0.336 e. The molecule has 1 N–H and O–H groups in total. The van der Waals surface area contributed by atoms with Crippen molar-refractivity contribution in [2.24, 2.45) is 0 Å². The van der Waals surface area contributed by atoms with Gasteiger partial charge in [-0.1, -0.05) is 18.2 Å². The minimum Gasteiger partial charge on any atom is -0.336 e. The lowest BCUT2D eigenvalue weighted by atomic mass is 10.1. The zero-order valence-corrected chi connectivity index (χ0v) is 16.2. The summed E-state index contributed by atoms with van der Waals surface area (Å²) in [7, 11) is 2.06. The molecule has 2 amide bonds. The van der Waals surface area contributed by atoms with E-state index in [0.29, 0.717) is 16.8 Å². The van der Waals surface area contributed by atoms with Gasteiger partial charge in [-0.3, -0.25) is 9.59 Å². The van der Waals surface area contributed by atoms with Gasteiger partial charge in [0.05, 0.1) is 5.56 Å². The van der Waals surface area contributed by atoms with Gasteiger partial charge < -0.3 is 15.1 Å². The number of carbonyl (C=O) groups excluding carboxylic acids is 2. The molecule has 0 spiro atoms. The third-order valence-electron chi connectivity index (χ3n) is 4.28. The molecule has 0 aromatic heterocycles. The normalized spacial score (nSPS) is 15.0. The number of anilines is 1. The molecule has 1 aliphatic rings. The molecule has 6 heteroatoms. The summed E-state index contributed by atoms with van der Waals surface area (Å²) in [6, 6.07) is 14.6. The number of nitrogens with one attached hydrogen (secondary N) is 1. The third-order valence-corrected chi connectivity index (χ3v) is 5.22. The first kappa shape index (κ1) is 17.9. The van der Waals surface area contributed by atoms with Crippen LogP contribution in [0.3, 0.4) is 0 Å². The highest BCUT2D eigenvalue weighted by Crippen LogP contribution is 2.17. The molecule has 1 aliphatic heterocycles. The van der Waals surface area contributed by atoms with Crippen LogP contribution in [-0.4, -0.2) is 54.8 Å². The minimum atomic E-state index is -0.172. The minimum absolute atomic E-state index is 0.0125. The van der Waals surface area contributed by atoms with Crippen LogP contribution in [0.25, 0.3) is 0 Å². The smallest absolute Gasteiger partial charge is 0.256 e. The van der Waals surface area contributed by atoms with Crippen molar-refractivity contribution in [1.29, 1.82) is 0 Å². The molecule has 25 heavy (non-hydrogen) atoms. The third kappa shape index (κ3) is 4.38. The number of rotatable bonds is 3. The Bertz CT molecular complexity index is 786. The van der Waals surface area contributed by atoms with Crippen molar-refractivity contribution in [3.8, 4) is 0 Å². The van der Waals surface area contributed by atoms with Crippen LogP contribution in [-0.2, 0) is 0 Å². The molecular formula is C19H20IN3O2. The molecule has 0 bridgehead atoms. The average molecular weight is 449 g/mol. The molecule has 0 radical (unpaired) electrons. The summed E-state index contributed by atoms with van der Waals surface area (Å²) < 4.78 is 0.891. The second-order valence-corrected chi connectivity index (χ2v) is 7.27. The lowest BCUT2D eigenvalue weighted by Crippen LogP contribution is -2.47. The van der Waals surface area contributed by atoms with E-state index in [2.05, 4.69) is 39.9 Å². The van der Waals surface area contributed by atoms with Crippen LogP contribution in [0.15, 0.2) is 48.5 Å². The van der Waals surface area contributed by atoms with Crippen molar-refractivity contribution in [3.63, 3.8) is 0 Å². The van der Waals surface area contributed by atoms with Gasteiger partial charge >= 0.3 is 0 Å². The number of amides is 2. The van der Waals surface area contributed by atoms with Gasteiger partial charge in [-0.15, -0.1) is 0 Å². The molecule has 1 fully saturated rings. The summed E-state index contributed by atoms with van der Waals surface area (Å²) in [4.78, 5) is 29.2. The topological polar surface area (TPSA) is 52.6 Å². The summed E-state index contributed by atoms with van der Waals surface area (Å²) in [6.07, 6.45) is 0.